The lowest BCUT2D eigenvalue weighted by Gasteiger charge is -2.00. The van der Waals surface area contributed by atoms with Gasteiger partial charge in [-0.3, -0.25) is 4.89 Å². The van der Waals surface area contributed by atoms with Crippen LogP contribution in [0, 0.1) is 0 Å². The van der Waals surface area contributed by atoms with Crippen LogP contribution in [0.25, 0.3) is 0 Å². The van der Waals surface area contributed by atoms with Crippen LogP contribution in [0.4, 0.5) is 0 Å². The van der Waals surface area contributed by atoms with E-state index in [4.69, 9.17) is 5.11 Å². The molecule has 0 saturated carbocycles. The molecule has 5 heteroatoms. The Labute approximate surface area is 85.5 Å². The van der Waals surface area contributed by atoms with Gasteiger partial charge in [-0.15, -0.1) is 0 Å². The normalized spacial score (nSPS) is 9.87. The van der Waals surface area contributed by atoms with E-state index >= 15 is 0 Å². The first-order valence-corrected chi connectivity index (χ1v) is 4.03. The maximum absolute atomic E-state index is 10.8. The van der Waals surface area contributed by atoms with Crippen LogP contribution < -0.4 is 4.89 Å². The Morgan fingerprint density at radius 3 is 2.40 bits per heavy atom. The second-order valence-corrected chi connectivity index (χ2v) is 2.47. The Kier molecular flexibility index (Phi) is 3.91. The van der Waals surface area contributed by atoms with Gasteiger partial charge in [-0.2, -0.15) is 0 Å². The Morgan fingerprint density at radius 2 is 1.80 bits per heavy atom. The molecule has 0 bridgehead atoms. The summed E-state index contributed by atoms with van der Waals surface area (Å²) < 4.78 is 0. The van der Waals surface area contributed by atoms with Gasteiger partial charge in [0.15, 0.2) is 5.75 Å². The van der Waals surface area contributed by atoms with Gasteiger partial charge in [-0.1, -0.05) is 18.2 Å². The van der Waals surface area contributed by atoms with Crippen molar-refractivity contribution >= 4 is 11.9 Å². The van der Waals surface area contributed by atoms with E-state index < -0.39 is 11.9 Å². The number of carbonyl (C=O) groups is 2. The summed E-state index contributed by atoms with van der Waals surface area (Å²) in [5.41, 5.74) is 0. The first-order valence-electron chi connectivity index (χ1n) is 4.03. The fourth-order valence-corrected chi connectivity index (χ4v) is 0.732. The van der Waals surface area contributed by atoms with E-state index in [1.165, 1.54) is 0 Å². The van der Waals surface area contributed by atoms with Crippen molar-refractivity contribution in [2.45, 2.75) is 0 Å². The third-order valence-electron chi connectivity index (χ3n) is 1.33. The molecular formula is C10H8O5. The highest BCUT2D eigenvalue weighted by Crippen LogP contribution is 2.08. The lowest BCUT2D eigenvalue weighted by molar-refractivity contribution is -0.207. The first-order chi connectivity index (χ1) is 7.18. The van der Waals surface area contributed by atoms with E-state index in [2.05, 4.69) is 9.78 Å². The molecule has 15 heavy (non-hydrogen) atoms. The summed E-state index contributed by atoms with van der Waals surface area (Å²) in [5.74, 6) is -1.76. The summed E-state index contributed by atoms with van der Waals surface area (Å²) in [5, 5.41) is 8.21. The van der Waals surface area contributed by atoms with Crippen molar-refractivity contribution in [3.05, 3.63) is 42.5 Å². The molecule has 0 spiro atoms. The van der Waals surface area contributed by atoms with Crippen LogP contribution in [-0.2, 0) is 14.5 Å². The van der Waals surface area contributed by atoms with Gasteiger partial charge >= 0.3 is 11.9 Å². The molecule has 0 aliphatic rings. The van der Waals surface area contributed by atoms with Gasteiger partial charge in [0.1, 0.15) is 0 Å². The zero-order chi connectivity index (χ0) is 11.1. The fourth-order valence-electron chi connectivity index (χ4n) is 0.732. The summed E-state index contributed by atoms with van der Waals surface area (Å²) in [4.78, 5) is 29.8. The molecule has 78 valence electrons. The van der Waals surface area contributed by atoms with Crippen LogP contribution in [0.15, 0.2) is 42.5 Å². The summed E-state index contributed by atoms with van der Waals surface area (Å²) >= 11 is 0. The highest BCUT2D eigenvalue weighted by atomic mass is 17.2. The minimum absolute atomic E-state index is 0.356. The van der Waals surface area contributed by atoms with Crippen LogP contribution in [0.1, 0.15) is 0 Å². The van der Waals surface area contributed by atoms with E-state index in [-0.39, 0.29) is 0 Å². The third kappa shape index (κ3) is 4.47. The minimum atomic E-state index is -1.23. The molecule has 0 aliphatic carbocycles. The van der Waals surface area contributed by atoms with E-state index in [1.807, 2.05) is 0 Å². The molecule has 5 nitrogen and oxygen atoms in total. The number of benzene rings is 1. The molecule has 0 amide bonds. The Balaban J connectivity index is 2.38. The number of rotatable bonds is 4. The summed E-state index contributed by atoms with van der Waals surface area (Å²) in [7, 11) is 0. The van der Waals surface area contributed by atoms with Crippen molar-refractivity contribution < 1.29 is 24.5 Å². The number of para-hydroxylation sites is 1. The number of carbonyl (C=O) groups excluding carboxylic acids is 1. The van der Waals surface area contributed by atoms with Crippen molar-refractivity contribution in [2.24, 2.45) is 0 Å². The molecule has 0 atom stereocenters. The molecule has 0 heterocycles. The fraction of sp³-hybridized carbons (Fsp3) is 0. The number of carboxylic acids is 1. The zero-order valence-electron chi connectivity index (χ0n) is 7.62. The molecular weight excluding hydrogens is 200 g/mol. The van der Waals surface area contributed by atoms with Crippen molar-refractivity contribution in [1.82, 2.24) is 0 Å². The average molecular weight is 208 g/mol. The van der Waals surface area contributed by atoms with Gasteiger partial charge in [0.25, 0.3) is 0 Å². The highest BCUT2D eigenvalue weighted by molar-refractivity contribution is 5.90. The number of carboxylic acid groups (broad SMARTS) is 1. The molecule has 0 saturated heterocycles. The zero-order valence-corrected chi connectivity index (χ0v) is 7.62. The van der Waals surface area contributed by atoms with Crippen molar-refractivity contribution in [3.63, 3.8) is 0 Å². The lowest BCUT2D eigenvalue weighted by atomic mass is 10.3. The van der Waals surface area contributed by atoms with Crippen molar-refractivity contribution in [3.8, 4) is 5.75 Å². The third-order valence-corrected chi connectivity index (χ3v) is 1.33. The molecule has 0 unspecified atom stereocenters. The number of hydrogen-bond acceptors (Lipinski definition) is 4. The first kappa shape index (κ1) is 10.8. The van der Waals surface area contributed by atoms with Crippen LogP contribution in [0.5, 0.6) is 5.75 Å². The van der Waals surface area contributed by atoms with Gasteiger partial charge in [-0.25, -0.2) is 14.5 Å². The van der Waals surface area contributed by atoms with Crippen LogP contribution >= 0.6 is 0 Å². The van der Waals surface area contributed by atoms with Gasteiger partial charge in [0.05, 0.1) is 0 Å². The molecule has 1 rings (SSSR count). The Bertz CT molecular complexity index is 369. The summed E-state index contributed by atoms with van der Waals surface area (Å²) in [6.45, 7) is 0. The summed E-state index contributed by atoms with van der Waals surface area (Å²) in [6.07, 6.45) is 1.42. The predicted molar refractivity (Wildman–Crippen MR) is 49.9 cm³/mol. The molecule has 1 aromatic rings. The van der Waals surface area contributed by atoms with E-state index in [1.54, 1.807) is 30.3 Å². The van der Waals surface area contributed by atoms with Gasteiger partial charge < -0.3 is 5.11 Å². The van der Waals surface area contributed by atoms with E-state index in [9.17, 15) is 9.59 Å². The molecule has 0 aromatic heterocycles. The van der Waals surface area contributed by atoms with Gasteiger partial charge in [0, 0.05) is 12.2 Å². The lowest BCUT2D eigenvalue weighted by Crippen LogP contribution is -2.05. The quantitative estimate of drug-likeness (QED) is 0.456. The molecule has 0 aliphatic heterocycles. The average Bonchev–Trinajstić information content (AvgIpc) is 2.25. The van der Waals surface area contributed by atoms with Crippen LogP contribution in [0.2, 0.25) is 0 Å². The highest BCUT2D eigenvalue weighted by Gasteiger charge is 2.00. The summed E-state index contributed by atoms with van der Waals surface area (Å²) in [6, 6.07) is 8.37. The number of aliphatic carboxylic acids is 1. The standard InChI is InChI=1S/C10H8O5/c11-9(12)6-7-10(13)15-14-8-4-2-1-3-5-8/h1-7H,(H,11,12)/b7-6+. The van der Waals surface area contributed by atoms with E-state index in [0.717, 1.165) is 6.08 Å². The Hall–Kier alpha value is -2.30. The van der Waals surface area contributed by atoms with Crippen LogP contribution in [0.3, 0.4) is 0 Å². The Morgan fingerprint density at radius 1 is 1.13 bits per heavy atom. The second kappa shape index (κ2) is 5.43. The topological polar surface area (TPSA) is 72.8 Å². The van der Waals surface area contributed by atoms with Crippen molar-refractivity contribution in [1.29, 1.82) is 0 Å². The number of hydrogen-bond donors (Lipinski definition) is 1. The molecule has 1 N–H and O–H groups in total. The maximum Gasteiger partial charge on any atom is 0.379 e. The largest absolute Gasteiger partial charge is 0.478 e. The maximum atomic E-state index is 10.8. The predicted octanol–water partition coefficient (Wildman–Crippen LogP) is 1.16. The second-order valence-electron chi connectivity index (χ2n) is 2.47. The van der Waals surface area contributed by atoms with Crippen LogP contribution in [-0.4, -0.2) is 17.0 Å². The van der Waals surface area contributed by atoms with E-state index in [0.29, 0.717) is 11.8 Å². The smallest absolute Gasteiger partial charge is 0.379 e. The minimum Gasteiger partial charge on any atom is -0.478 e. The van der Waals surface area contributed by atoms with Gasteiger partial charge in [0.2, 0.25) is 0 Å². The monoisotopic (exact) mass is 208 g/mol. The van der Waals surface area contributed by atoms with Crippen molar-refractivity contribution in [2.75, 3.05) is 0 Å². The molecule has 0 radical (unpaired) electrons. The SMILES string of the molecule is O=C(O)/C=C/C(=O)OOc1ccccc1. The van der Waals surface area contributed by atoms with Gasteiger partial charge in [-0.05, 0) is 12.1 Å². The molecule has 1 aromatic carbocycles. The molecule has 0 fully saturated rings.